The van der Waals surface area contributed by atoms with Gasteiger partial charge in [-0.25, -0.2) is 8.42 Å². The molecule has 0 radical (unpaired) electrons. The lowest BCUT2D eigenvalue weighted by Crippen LogP contribution is -2.27. The summed E-state index contributed by atoms with van der Waals surface area (Å²) in [5.74, 6) is 0.155. The average Bonchev–Trinajstić information content (AvgIpc) is 2.75. The maximum atomic E-state index is 13.0. The van der Waals surface area contributed by atoms with Gasteiger partial charge in [0.1, 0.15) is 5.75 Å². The number of nitrogens with one attached hydrogen (secondary N) is 1. The van der Waals surface area contributed by atoms with E-state index >= 15 is 0 Å². The zero-order chi connectivity index (χ0) is 21.9. The minimum absolute atomic E-state index is 0.0829. The van der Waals surface area contributed by atoms with E-state index in [0.717, 1.165) is 21.1 Å². The number of carbonyl (C=O) groups excluding carboxylic acids is 1. The number of methoxy groups -OCH3 is 1. The van der Waals surface area contributed by atoms with Gasteiger partial charge in [0.05, 0.1) is 17.7 Å². The minimum atomic E-state index is -3.82. The fraction of sp³-hybridized carbons (Fsp3) is 0.174. The quantitative estimate of drug-likeness (QED) is 0.637. The highest BCUT2D eigenvalue weighted by molar-refractivity contribution is 7.92. The predicted molar refractivity (Wildman–Crippen MR) is 119 cm³/mol. The molecule has 0 aromatic heterocycles. The van der Waals surface area contributed by atoms with Crippen LogP contribution in [-0.2, 0) is 10.0 Å². The topological polar surface area (TPSA) is 75.7 Å². The van der Waals surface area contributed by atoms with Crippen molar-refractivity contribution in [3.63, 3.8) is 0 Å². The van der Waals surface area contributed by atoms with Gasteiger partial charge in [-0.1, -0.05) is 30.3 Å². The Bertz CT molecular complexity index is 1150. The van der Waals surface area contributed by atoms with Crippen molar-refractivity contribution in [2.45, 2.75) is 18.7 Å². The van der Waals surface area contributed by atoms with Crippen LogP contribution < -0.4 is 14.4 Å². The van der Waals surface area contributed by atoms with E-state index in [4.69, 9.17) is 4.74 Å². The van der Waals surface area contributed by atoms with E-state index in [1.807, 2.05) is 32.0 Å². The van der Waals surface area contributed by atoms with Crippen LogP contribution in [-0.4, -0.2) is 28.5 Å². The number of carbonyl (C=O) groups is 1. The van der Waals surface area contributed by atoms with E-state index in [-0.39, 0.29) is 10.8 Å². The highest BCUT2D eigenvalue weighted by atomic mass is 32.2. The molecular formula is C23H24N2O4S. The molecule has 0 aliphatic carbocycles. The second-order valence-electron chi connectivity index (χ2n) is 6.89. The fourth-order valence-electron chi connectivity index (χ4n) is 3.15. The molecule has 0 spiro atoms. The summed E-state index contributed by atoms with van der Waals surface area (Å²) < 4.78 is 32.5. The minimum Gasteiger partial charge on any atom is -0.495 e. The van der Waals surface area contributed by atoms with Crippen molar-refractivity contribution in [1.82, 2.24) is 0 Å². The van der Waals surface area contributed by atoms with Gasteiger partial charge < -0.3 is 10.1 Å². The monoisotopic (exact) mass is 424 g/mol. The summed E-state index contributed by atoms with van der Waals surface area (Å²) >= 11 is 0. The van der Waals surface area contributed by atoms with E-state index in [1.165, 1.54) is 38.4 Å². The number of amides is 1. The first-order chi connectivity index (χ1) is 14.3. The van der Waals surface area contributed by atoms with Crippen LogP contribution in [0.3, 0.4) is 0 Å². The summed E-state index contributed by atoms with van der Waals surface area (Å²) in [5, 5.41) is 2.90. The van der Waals surface area contributed by atoms with Gasteiger partial charge in [0.2, 0.25) is 0 Å². The molecule has 1 amide bonds. The lowest BCUT2D eigenvalue weighted by atomic mass is 10.1. The SMILES string of the molecule is COc1ccccc1N(C)S(=O)(=O)c1ccc(C(=O)Nc2c(C)cccc2C)cc1. The molecule has 3 rings (SSSR count). The highest BCUT2D eigenvalue weighted by Crippen LogP contribution is 2.31. The third-order valence-electron chi connectivity index (χ3n) is 4.92. The molecule has 0 unspecified atom stereocenters. The number of nitrogens with zero attached hydrogens (tertiary/aromatic N) is 1. The normalized spacial score (nSPS) is 11.1. The van der Waals surface area contributed by atoms with Gasteiger partial charge in [0, 0.05) is 18.3 Å². The van der Waals surface area contributed by atoms with Crippen molar-refractivity contribution >= 4 is 27.3 Å². The van der Waals surface area contributed by atoms with Gasteiger partial charge in [0.15, 0.2) is 0 Å². The maximum absolute atomic E-state index is 13.0. The number of para-hydroxylation sites is 3. The number of hydrogen-bond acceptors (Lipinski definition) is 4. The molecule has 1 N–H and O–H groups in total. The zero-order valence-electron chi connectivity index (χ0n) is 17.3. The lowest BCUT2D eigenvalue weighted by molar-refractivity contribution is 0.102. The standard InChI is InChI=1S/C23H24N2O4S/c1-16-8-7-9-17(2)22(16)24-23(26)18-12-14-19(15-13-18)30(27,28)25(3)20-10-5-6-11-21(20)29-4/h5-15H,1-4H3,(H,24,26). The van der Waals surface area contributed by atoms with Crippen molar-refractivity contribution in [2.24, 2.45) is 0 Å². The maximum Gasteiger partial charge on any atom is 0.264 e. The van der Waals surface area contributed by atoms with Crippen LogP contribution >= 0.6 is 0 Å². The first kappa shape index (κ1) is 21.4. The van der Waals surface area contributed by atoms with Crippen molar-refractivity contribution in [3.8, 4) is 5.75 Å². The summed E-state index contributed by atoms with van der Waals surface area (Å²) in [6, 6.07) is 18.5. The third kappa shape index (κ3) is 4.16. The number of anilines is 2. The first-order valence-electron chi connectivity index (χ1n) is 9.35. The smallest absolute Gasteiger partial charge is 0.264 e. The van der Waals surface area contributed by atoms with Crippen LogP contribution in [0, 0.1) is 13.8 Å². The van der Waals surface area contributed by atoms with Crippen LogP contribution in [0.5, 0.6) is 5.75 Å². The predicted octanol–water partition coefficient (Wildman–Crippen LogP) is 4.39. The molecule has 0 heterocycles. The molecule has 3 aromatic rings. The number of ether oxygens (including phenoxy) is 1. The molecule has 0 saturated carbocycles. The van der Waals surface area contributed by atoms with Crippen LogP contribution in [0.1, 0.15) is 21.5 Å². The Labute approximate surface area is 177 Å². The molecule has 0 saturated heterocycles. The van der Waals surface area contributed by atoms with Gasteiger partial charge in [0.25, 0.3) is 15.9 Å². The van der Waals surface area contributed by atoms with Crippen LogP contribution in [0.25, 0.3) is 0 Å². The Morgan fingerprint density at radius 2 is 1.50 bits per heavy atom. The molecule has 0 aliphatic rings. The average molecular weight is 425 g/mol. The van der Waals surface area contributed by atoms with Crippen LogP contribution in [0.4, 0.5) is 11.4 Å². The van der Waals surface area contributed by atoms with E-state index < -0.39 is 10.0 Å². The zero-order valence-corrected chi connectivity index (χ0v) is 18.2. The molecule has 3 aromatic carbocycles. The largest absolute Gasteiger partial charge is 0.495 e. The highest BCUT2D eigenvalue weighted by Gasteiger charge is 2.24. The number of hydrogen-bond donors (Lipinski definition) is 1. The Morgan fingerprint density at radius 3 is 2.10 bits per heavy atom. The van der Waals surface area contributed by atoms with Gasteiger partial charge in [-0.15, -0.1) is 0 Å². The number of rotatable bonds is 6. The second-order valence-corrected chi connectivity index (χ2v) is 8.86. The molecule has 30 heavy (non-hydrogen) atoms. The second kappa shape index (κ2) is 8.59. The summed E-state index contributed by atoms with van der Waals surface area (Å²) in [4.78, 5) is 12.7. The first-order valence-corrected chi connectivity index (χ1v) is 10.8. The summed E-state index contributed by atoms with van der Waals surface area (Å²) in [5.41, 5.74) is 3.48. The molecule has 0 bridgehead atoms. The summed E-state index contributed by atoms with van der Waals surface area (Å²) in [6.45, 7) is 3.85. The molecule has 7 heteroatoms. The molecule has 0 atom stereocenters. The van der Waals surface area contributed by atoms with E-state index in [0.29, 0.717) is 17.0 Å². The summed E-state index contributed by atoms with van der Waals surface area (Å²) in [6.07, 6.45) is 0. The van der Waals surface area contributed by atoms with Crippen molar-refractivity contribution in [2.75, 3.05) is 23.8 Å². The Balaban J connectivity index is 1.85. The Morgan fingerprint density at radius 1 is 0.900 bits per heavy atom. The van der Waals surface area contributed by atoms with Crippen LogP contribution in [0.2, 0.25) is 0 Å². The van der Waals surface area contributed by atoms with Crippen molar-refractivity contribution < 1.29 is 17.9 Å². The van der Waals surface area contributed by atoms with E-state index in [1.54, 1.807) is 24.3 Å². The number of sulfonamides is 1. The fourth-order valence-corrected chi connectivity index (χ4v) is 4.36. The van der Waals surface area contributed by atoms with Crippen LogP contribution in [0.15, 0.2) is 71.6 Å². The molecule has 0 aliphatic heterocycles. The molecular weight excluding hydrogens is 400 g/mol. The van der Waals surface area contributed by atoms with Gasteiger partial charge in [-0.3, -0.25) is 9.10 Å². The Hall–Kier alpha value is -3.32. The summed E-state index contributed by atoms with van der Waals surface area (Å²) in [7, 11) is -0.862. The van der Waals surface area contributed by atoms with E-state index in [9.17, 15) is 13.2 Å². The van der Waals surface area contributed by atoms with Gasteiger partial charge in [-0.05, 0) is 61.4 Å². The van der Waals surface area contributed by atoms with Crippen molar-refractivity contribution in [3.05, 3.63) is 83.4 Å². The van der Waals surface area contributed by atoms with Gasteiger partial charge >= 0.3 is 0 Å². The van der Waals surface area contributed by atoms with E-state index in [2.05, 4.69) is 5.32 Å². The third-order valence-corrected chi connectivity index (χ3v) is 6.70. The Kier molecular flexibility index (Phi) is 6.12. The molecule has 6 nitrogen and oxygen atoms in total. The molecule has 156 valence electrons. The number of benzene rings is 3. The number of aryl methyl sites for hydroxylation is 2. The lowest BCUT2D eigenvalue weighted by Gasteiger charge is -2.21. The van der Waals surface area contributed by atoms with Gasteiger partial charge in [-0.2, -0.15) is 0 Å². The van der Waals surface area contributed by atoms with Crippen molar-refractivity contribution in [1.29, 1.82) is 0 Å². The molecule has 0 fully saturated rings.